The van der Waals surface area contributed by atoms with E-state index < -0.39 is 53.9 Å². The van der Waals surface area contributed by atoms with E-state index in [1.165, 1.54) is 6.07 Å². The third-order valence-corrected chi connectivity index (χ3v) is 15.2. The van der Waals surface area contributed by atoms with Gasteiger partial charge in [0.25, 0.3) is 0 Å². The zero-order valence-electron chi connectivity index (χ0n) is 43.8. The predicted octanol–water partition coefficient (Wildman–Crippen LogP) is 13.7. The highest BCUT2D eigenvalue weighted by atomic mass is 19.4. The molecule has 1 N–H and O–H groups in total. The topological polar surface area (TPSA) is 143 Å². The molecule has 1 saturated heterocycles. The molecule has 1 atom stereocenters. The monoisotopic (exact) mass is 1060 g/mol. The van der Waals surface area contributed by atoms with Gasteiger partial charge in [-0.05, 0) is 144 Å². The van der Waals surface area contributed by atoms with Crippen LogP contribution in [0.25, 0.3) is 0 Å². The molecular weight excluding hydrogens is 993 g/mol. The molecule has 2 aliphatic carbocycles. The number of rotatable bonds is 23. The lowest BCUT2D eigenvalue weighted by molar-refractivity contribution is -0.159. The number of esters is 1. The number of oxime groups is 2. The molecule has 3 fully saturated rings. The van der Waals surface area contributed by atoms with Crippen LogP contribution in [-0.2, 0) is 75.5 Å². The lowest BCUT2D eigenvalue weighted by Crippen LogP contribution is -2.50. The number of nitrogens with zero attached hydrogens (tertiary/aromatic N) is 5. The van der Waals surface area contributed by atoms with E-state index in [9.17, 15) is 45.9 Å². The van der Waals surface area contributed by atoms with Gasteiger partial charge in [-0.25, -0.2) is 0 Å². The number of aryl methyl sites for hydroxylation is 2. The number of halogens is 6. The average Bonchev–Trinajstić information content (AvgIpc) is 3.40. The maximum absolute atomic E-state index is 14.1. The molecule has 0 spiro atoms. The first kappa shape index (κ1) is 57.4. The first-order valence-corrected chi connectivity index (χ1v) is 26.5. The highest BCUT2D eigenvalue weighted by Gasteiger charge is 2.38. The Hall–Kier alpha value is -6.30. The van der Waals surface area contributed by atoms with Crippen LogP contribution >= 0.6 is 0 Å². The van der Waals surface area contributed by atoms with Crippen molar-refractivity contribution >= 4 is 23.4 Å². The van der Waals surface area contributed by atoms with Gasteiger partial charge in [-0.15, -0.1) is 4.91 Å². The van der Waals surface area contributed by atoms with Crippen molar-refractivity contribution in [1.29, 1.82) is 0 Å². The summed E-state index contributed by atoms with van der Waals surface area (Å²) in [5, 5.41) is 22.6. The van der Waals surface area contributed by atoms with Crippen LogP contribution in [0.4, 0.5) is 26.3 Å². The van der Waals surface area contributed by atoms with Crippen molar-refractivity contribution in [3.05, 3.63) is 144 Å². The Kier molecular flexibility index (Phi) is 19.8. The van der Waals surface area contributed by atoms with Gasteiger partial charge >= 0.3 is 24.3 Å². The third-order valence-electron chi connectivity index (χ3n) is 15.2. The van der Waals surface area contributed by atoms with E-state index >= 15 is 0 Å². The van der Waals surface area contributed by atoms with Crippen LogP contribution in [0.5, 0.6) is 0 Å². The zero-order chi connectivity index (χ0) is 54.6. The molecule has 1 heterocycles. The van der Waals surface area contributed by atoms with Gasteiger partial charge in [0.05, 0.1) is 46.8 Å². The van der Waals surface area contributed by atoms with Crippen LogP contribution in [-0.4, -0.2) is 64.6 Å². The van der Waals surface area contributed by atoms with Crippen molar-refractivity contribution in [1.82, 2.24) is 9.91 Å². The number of benzene rings is 4. The molecule has 1 unspecified atom stereocenters. The first-order valence-electron chi connectivity index (χ1n) is 26.5. The van der Waals surface area contributed by atoms with Crippen molar-refractivity contribution in [2.24, 2.45) is 27.4 Å². The summed E-state index contributed by atoms with van der Waals surface area (Å²) in [5.74, 6) is -3.70. The summed E-state index contributed by atoms with van der Waals surface area (Å²) in [4.78, 5) is 50.6. The van der Waals surface area contributed by atoms with E-state index in [0.717, 1.165) is 97.5 Å². The fourth-order valence-corrected chi connectivity index (χ4v) is 10.8. The molecule has 76 heavy (non-hydrogen) atoms. The van der Waals surface area contributed by atoms with Gasteiger partial charge in [0, 0.05) is 19.6 Å². The second kappa shape index (κ2) is 26.2. The van der Waals surface area contributed by atoms with E-state index in [-0.39, 0.29) is 38.1 Å². The van der Waals surface area contributed by atoms with Gasteiger partial charge in [0.15, 0.2) is 0 Å². The molecule has 410 valence electrons. The van der Waals surface area contributed by atoms with E-state index in [2.05, 4.69) is 20.5 Å². The number of carbonyl (C=O) groups excluding carboxylic acids is 1. The van der Waals surface area contributed by atoms with Gasteiger partial charge in [0.2, 0.25) is 0 Å². The summed E-state index contributed by atoms with van der Waals surface area (Å²) in [6.45, 7) is 7.73. The SMILES string of the molecule is CCc1cc(/C(C)=N/OCc2ccc(C3CCCCC3)c(C(F)(F)F)c2)ccc1CN1CC(C(=O)OCC(CN(Cc2ccc(/C(C)=N/OCc3ccc(C4CCCCC4)c(C(F)(F)F)c3)cc2CC)N=O)C(=O)O)C1. The van der Waals surface area contributed by atoms with Gasteiger partial charge < -0.3 is 19.5 Å². The van der Waals surface area contributed by atoms with Gasteiger partial charge in [-0.2, -0.15) is 26.3 Å². The second-order valence-corrected chi connectivity index (χ2v) is 20.6. The number of likely N-dealkylation sites (tertiary alicyclic amines) is 1. The summed E-state index contributed by atoms with van der Waals surface area (Å²) >= 11 is 0. The summed E-state index contributed by atoms with van der Waals surface area (Å²) in [6.07, 6.45) is 1.13. The van der Waals surface area contributed by atoms with Crippen LogP contribution < -0.4 is 0 Å². The van der Waals surface area contributed by atoms with Crippen LogP contribution in [0, 0.1) is 16.7 Å². The van der Waals surface area contributed by atoms with Crippen molar-refractivity contribution in [3.63, 3.8) is 0 Å². The van der Waals surface area contributed by atoms with Crippen molar-refractivity contribution in [3.8, 4) is 0 Å². The lowest BCUT2D eigenvalue weighted by atomic mass is 9.81. The number of carboxylic acids is 1. The minimum absolute atomic E-state index is 0.0154. The smallest absolute Gasteiger partial charge is 0.416 e. The Bertz CT molecular complexity index is 2710. The summed E-state index contributed by atoms with van der Waals surface area (Å²) < 4.78 is 90.1. The quantitative estimate of drug-likeness (QED) is 0.0252. The molecule has 0 amide bonds. The molecule has 2 saturated carbocycles. The van der Waals surface area contributed by atoms with Crippen LogP contribution in [0.1, 0.15) is 171 Å². The summed E-state index contributed by atoms with van der Waals surface area (Å²) in [5.41, 5.74) is 6.40. The van der Waals surface area contributed by atoms with E-state index in [1.54, 1.807) is 50.2 Å². The molecule has 0 radical (unpaired) electrons. The van der Waals surface area contributed by atoms with Gasteiger partial charge in [-0.3, -0.25) is 19.5 Å². The molecular formula is C58H69F6N5O7. The third kappa shape index (κ3) is 15.2. The molecule has 0 bridgehead atoms. The fourth-order valence-electron chi connectivity index (χ4n) is 10.8. The Morgan fingerprint density at radius 3 is 1.59 bits per heavy atom. The number of nitroso groups, excluding NO2 is 1. The Labute approximate surface area is 440 Å². The average molecular weight is 1060 g/mol. The van der Waals surface area contributed by atoms with E-state index in [0.29, 0.717) is 77.3 Å². The minimum atomic E-state index is -4.49. The number of hydrogen-bond donors (Lipinski definition) is 1. The normalized spacial score (nSPS) is 17.0. The molecule has 1 aliphatic heterocycles. The van der Waals surface area contributed by atoms with Crippen LogP contribution in [0.3, 0.4) is 0 Å². The Balaban J connectivity index is 0.865. The predicted molar refractivity (Wildman–Crippen MR) is 277 cm³/mol. The molecule has 3 aliphatic rings. The maximum atomic E-state index is 14.1. The van der Waals surface area contributed by atoms with E-state index in [4.69, 9.17) is 14.4 Å². The molecule has 4 aromatic rings. The molecule has 12 nitrogen and oxygen atoms in total. The summed E-state index contributed by atoms with van der Waals surface area (Å²) in [6, 6.07) is 20.1. The van der Waals surface area contributed by atoms with Crippen molar-refractivity contribution < 1.29 is 55.5 Å². The van der Waals surface area contributed by atoms with E-state index in [1.807, 2.05) is 38.1 Å². The second-order valence-electron chi connectivity index (χ2n) is 20.6. The van der Waals surface area contributed by atoms with Crippen LogP contribution in [0.15, 0.2) is 88.4 Å². The minimum Gasteiger partial charge on any atom is -0.481 e. The number of carboxylic acid groups (broad SMARTS) is 1. The maximum Gasteiger partial charge on any atom is 0.416 e. The van der Waals surface area contributed by atoms with Crippen molar-refractivity contribution in [2.75, 3.05) is 26.2 Å². The molecule has 7 rings (SSSR count). The number of hydrogen-bond acceptors (Lipinski definition) is 10. The standard InChI is InChI=1S/C58H69F6N5O7/c1-5-41-27-45(37(3)65-75-34-39-17-23-51(43-13-9-7-10-14-43)53(25-39)57(59,60)61)19-21-47(41)29-68-30-49(31-68)56(72)74-36-50(55(70)71)33-69(67-73)32-48-22-20-46(28-42(48)6-2)38(4)66-76-35-40-18-24-52(44-15-11-8-12-16-44)54(26-40)58(62,63)64/h17-28,43-44,49-50H,5-16,29-36H2,1-4H3,(H,70,71)/b65-37+,66-38+. The van der Waals surface area contributed by atoms with Gasteiger partial charge in [0.1, 0.15) is 25.7 Å². The first-order chi connectivity index (χ1) is 36.3. The molecule has 0 aromatic heterocycles. The summed E-state index contributed by atoms with van der Waals surface area (Å²) in [7, 11) is 0. The number of carbonyl (C=O) groups is 2. The largest absolute Gasteiger partial charge is 0.481 e. The molecule has 18 heteroatoms. The Morgan fingerprint density at radius 2 is 1.14 bits per heavy atom. The number of aliphatic carboxylic acids is 1. The zero-order valence-corrected chi connectivity index (χ0v) is 43.8. The number of ether oxygens (including phenoxy) is 1. The Morgan fingerprint density at radius 1 is 0.671 bits per heavy atom. The van der Waals surface area contributed by atoms with Gasteiger partial charge in [-0.1, -0.05) is 111 Å². The fraction of sp³-hybridized carbons (Fsp3) is 0.517. The molecule has 4 aromatic carbocycles. The number of alkyl halides is 6. The van der Waals surface area contributed by atoms with Crippen molar-refractivity contribution in [2.45, 2.75) is 155 Å². The highest BCUT2D eigenvalue weighted by molar-refractivity contribution is 5.99. The highest BCUT2D eigenvalue weighted by Crippen LogP contribution is 2.43. The lowest BCUT2D eigenvalue weighted by Gasteiger charge is -2.38. The van der Waals surface area contributed by atoms with Crippen LogP contribution in [0.2, 0.25) is 0 Å².